The summed E-state index contributed by atoms with van der Waals surface area (Å²) in [5, 5.41) is 8.33. The van der Waals surface area contributed by atoms with Crippen molar-refractivity contribution in [2.24, 2.45) is 0 Å². The number of rotatable bonds is 3. The summed E-state index contributed by atoms with van der Waals surface area (Å²) >= 11 is 0. The van der Waals surface area contributed by atoms with Gasteiger partial charge in [0.2, 0.25) is 0 Å². The van der Waals surface area contributed by atoms with Crippen molar-refractivity contribution in [2.45, 2.75) is 51.9 Å². The van der Waals surface area contributed by atoms with Crippen LogP contribution in [0.3, 0.4) is 0 Å². The molecule has 0 aromatic rings. The summed E-state index contributed by atoms with van der Waals surface area (Å²) in [5.41, 5.74) is -0.664. The highest BCUT2D eigenvalue weighted by molar-refractivity contribution is 6.51. The molecule has 0 saturated carbocycles. The highest BCUT2D eigenvalue weighted by Crippen LogP contribution is 2.36. The first-order valence-corrected chi connectivity index (χ1v) is 5.37. The van der Waals surface area contributed by atoms with Crippen LogP contribution in [0.2, 0.25) is 0 Å². The summed E-state index contributed by atoms with van der Waals surface area (Å²) < 4.78 is 16.2. The fourth-order valence-corrected chi connectivity index (χ4v) is 1.34. The molecular weight excluding hydrogens is 205 g/mol. The Kier molecular flexibility index (Phi) is 3.66. The maximum Gasteiger partial charge on any atom is 0.486 e. The largest absolute Gasteiger partial charge is 0.486 e. The second-order valence-electron chi connectivity index (χ2n) is 4.92. The molecule has 0 amide bonds. The van der Waals surface area contributed by atoms with Crippen LogP contribution in [-0.2, 0) is 14.0 Å². The average Bonchev–Trinajstić information content (AvgIpc) is 2.33. The van der Waals surface area contributed by atoms with E-state index in [4.69, 9.17) is 19.3 Å². The molecule has 16 heavy (non-hydrogen) atoms. The quantitative estimate of drug-likeness (QED) is 0.542. The number of ether oxygens (including phenoxy) is 1. The standard InChI is InChI=1S/C11H18BNO3/c1-9(14-8-13)6-7-12-15-10(2,3)11(4,5)16-12/h6-7,9H,1-5H3/b7-6+/t9-/m0/s1. The molecule has 0 aromatic heterocycles. The van der Waals surface area contributed by atoms with Gasteiger partial charge in [-0.15, -0.1) is 0 Å². The average molecular weight is 223 g/mol. The molecule has 0 bridgehead atoms. The first-order chi connectivity index (χ1) is 7.28. The molecule has 88 valence electrons. The van der Waals surface area contributed by atoms with Gasteiger partial charge in [0.1, 0.15) is 6.10 Å². The van der Waals surface area contributed by atoms with Crippen LogP contribution in [0.4, 0.5) is 0 Å². The second kappa shape index (κ2) is 4.48. The summed E-state index contributed by atoms with van der Waals surface area (Å²) in [6.45, 7) is 9.77. The monoisotopic (exact) mass is 223 g/mol. The van der Waals surface area contributed by atoms with E-state index in [0.717, 1.165) is 0 Å². The van der Waals surface area contributed by atoms with E-state index in [-0.39, 0.29) is 24.4 Å². The van der Waals surface area contributed by atoms with Gasteiger partial charge in [0.15, 0.2) is 0 Å². The van der Waals surface area contributed by atoms with Gasteiger partial charge in [-0.1, -0.05) is 12.1 Å². The molecule has 0 spiro atoms. The van der Waals surface area contributed by atoms with Crippen LogP contribution >= 0.6 is 0 Å². The lowest BCUT2D eigenvalue weighted by atomic mass is 9.89. The van der Waals surface area contributed by atoms with Crippen molar-refractivity contribution in [1.82, 2.24) is 0 Å². The maximum absolute atomic E-state index is 8.33. The highest BCUT2D eigenvalue weighted by atomic mass is 16.7. The fourth-order valence-electron chi connectivity index (χ4n) is 1.34. The number of nitrogens with zero attached hydrogens (tertiary/aromatic N) is 1. The smallest absolute Gasteiger partial charge is 0.420 e. The van der Waals surface area contributed by atoms with E-state index in [1.54, 1.807) is 25.2 Å². The van der Waals surface area contributed by atoms with Crippen LogP contribution in [0.1, 0.15) is 34.6 Å². The van der Waals surface area contributed by atoms with Crippen molar-refractivity contribution in [2.75, 3.05) is 0 Å². The molecule has 1 saturated heterocycles. The molecule has 0 radical (unpaired) electrons. The predicted octanol–water partition coefficient (Wildman–Crippen LogP) is 2.06. The fraction of sp³-hybridized carbons (Fsp3) is 0.727. The van der Waals surface area contributed by atoms with Gasteiger partial charge >= 0.3 is 7.12 Å². The summed E-state index contributed by atoms with van der Waals surface area (Å²) in [6.07, 6.45) is 3.14. The third-order valence-corrected chi connectivity index (χ3v) is 3.05. The van der Waals surface area contributed by atoms with Crippen molar-refractivity contribution < 1.29 is 14.0 Å². The van der Waals surface area contributed by atoms with E-state index in [2.05, 4.69) is 0 Å². The van der Waals surface area contributed by atoms with Crippen LogP contribution in [0.25, 0.3) is 0 Å². The van der Waals surface area contributed by atoms with E-state index in [1.165, 1.54) is 0 Å². The Balaban J connectivity index is 2.58. The van der Waals surface area contributed by atoms with Crippen molar-refractivity contribution in [3.63, 3.8) is 0 Å². The van der Waals surface area contributed by atoms with Crippen molar-refractivity contribution >= 4 is 7.12 Å². The Morgan fingerprint density at radius 1 is 1.25 bits per heavy atom. The molecular formula is C11H18BNO3. The first kappa shape index (κ1) is 13.1. The molecule has 1 aliphatic heterocycles. The van der Waals surface area contributed by atoms with Crippen LogP contribution in [0.5, 0.6) is 0 Å². The molecule has 4 nitrogen and oxygen atoms in total. The van der Waals surface area contributed by atoms with Gasteiger partial charge in [-0.3, -0.25) is 0 Å². The summed E-state index contributed by atoms with van der Waals surface area (Å²) in [6, 6.07) is 0. The lowest BCUT2D eigenvalue weighted by Gasteiger charge is -2.32. The van der Waals surface area contributed by atoms with Gasteiger partial charge in [-0.05, 0) is 34.6 Å². The molecule has 1 rings (SSSR count). The molecule has 5 heteroatoms. The maximum atomic E-state index is 8.33. The van der Waals surface area contributed by atoms with Crippen LogP contribution in [-0.4, -0.2) is 24.4 Å². The summed E-state index contributed by atoms with van der Waals surface area (Å²) in [4.78, 5) is 0. The minimum Gasteiger partial charge on any atom is -0.420 e. The van der Waals surface area contributed by atoms with Crippen LogP contribution < -0.4 is 0 Å². The zero-order chi connectivity index (χ0) is 12.4. The van der Waals surface area contributed by atoms with E-state index >= 15 is 0 Å². The Morgan fingerprint density at radius 2 is 1.75 bits per heavy atom. The van der Waals surface area contributed by atoms with Crippen LogP contribution in [0, 0.1) is 11.5 Å². The lowest BCUT2D eigenvalue weighted by molar-refractivity contribution is 0.00578. The molecule has 0 unspecified atom stereocenters. The lowest BCUT2D eigenvalue weighted by Crippen LogP contribution is -2.41. The molecule has 0 aliphatic carbocycles. The third kappa shape index (κ3) is 2.78. The number of hydrogen-bond donors (Lipinski definition) is 0. The zero-order valence-corrected chi connectivity index (χ0v) is 10.5. The summed E-state index contributed by atoms with van der Waals surface area (Å²) in [5.74, 6) is 1.78. The predicted molar refractivity (Wildman–Crippen MR) is 61.4 cm³/mol. The zero-order valence-electron chi connectivity index (χ0n) is 10.5. The molecule has 1 heterocycles. The highest BCUT2D eigenvalue weighted by Gasteiger charge is 2.50. The Morgan fingerprint density at radius 3 is 2.19 bits per heavy atom. The molecule has 1 fully saturated rings. The second-order valence-corrected chi connectivity index (χ2v) is 4.92. The minimum absolute atomic E-state index is 0.260. The van der Waals surface area contributed by atoms with Crippen molar-refractivity contribution in [1.29, 1.82) is 5.26 Å². The number of hydrogen-bond acceptors (Lipinski definition) is 4. The van der Waals surface area contributed by atoms with Crippen LogP contribution in [0.15, 0.2) is 12.1 Å². The SMILES string of the molecule is C[C@@H](/C=C/B1OC(C)(C)C(C)(C)O1)OC#N. The number of nitriles is 1. The Hall–Kier alpha value is -0.985. The summed E-state index contributed by atoms with van der Waals surface area (Å²) in [7, 11) is -0.380. The van der Waals surface area contributed by atoms with Crippen molar-refractivity contribution in [3.05, 3.63) is 12.1 Å². The van der Waals surface area contributed by atoms with Gasteiger partial charge in [-0.25, -0.2) is 0 Å². The topological polar surface area (TPSA) is 51.5 Å². The molecule has 1 atom stereocenters. The van der Waals surface area contributed by atoms with Gasteiger partial charge in [0.05, 0.1) is 11.2 Å². The van der Waals surface area contributed by atoms with Gasteiger partial charge in [0, 0.05) is 0 Å². The van der Waals surface area contributed by atoms with Gasteiger partial charge in [-0.2, -0.15) is 5.26 Å². The van der Waals surface area contributed by atoms with E-state index in [9.17, 15) is 0 Å². The first-order valence-electron chi connectivity index (χ1n) is 5.37. The Labute approximate surface area is 97.3 Å². The van der Waals surface area contributed by atoms with E-state index in [1.807, 2.05) is 27.7 Å². The Bertz CT molecular complexity index is 304. The third-order valence-electron chi connectivity index (χ3n) is 3.05. The van der Waals surface area contributed by atoms with E-state index in [0.29, 0.717) is 0 Å². The van der Waals surface area contributed by atoms with Gasteiger partial charge < -0.3 is 14.0 Å². The van der Waals surface area contributed by atoms with Gasteiger partial charge in [0.25, 0.3) is 6.26 Å². The molecule has 0 aromatic carbocycles. The van der Waals surface area contributed by atoms with Crippen molar-refractivity contribution in [3.8, 4) is 6.26 Å². The van der Waals surface area contributed by atoms with E-state index < -0.39 is 0 Å². The minimum atomic E-state index is -0.380. The normalized spacial score (nSPS) is 24.4. The molecule has 0 N–H and O–H groups in total. The molecule has 1 aliphatic rings.